The molecular weight excluding hydrogens is 400 g/mol. The van der Waals surface area contributed by atoms with E-state index in [2.05, 4.69) is 10.3 Å². The van der Waals surface area contributed by atoms with Gasteiger partial charge in [-0.05, 0) is 37.1 Å². The number of rotatable bonds is 7. The summed E-state index contributed by atoms with van der Waals surface area (Å²) in [5.74, 6) is -1.32. The second-order valence-electron chi connectivity index (χ2n) is 6.79. The lowest BCUT2D eigenvalue weighted by atomic mass is 10.1. The second kappa shape index (κ2) is 9.32. The first-order chi connectivity index (χ1) is 14.4. The Morgan fingerprint density at radius 3 is 2.47 bits per heavy atom. The van der Waals surface area contributed by atoms with Gasteiger partial charge in [0, 0.05) is 23.8 Å². The van der Waals surface area contributed by atoms with E-state index in [1.165, 1.54) is 22.4 Å². The van der Waals surface area contributed by atoms with Crippen LogP contribution in [0.5, 0.6) is 0 Å². The summed E-state index contributed by atoms with van der Waals surface area (Å²) in [4.78, 5) is 43.9. The molecule has 7 nitrogen and oxygen atoms in total. The summed E-state index contributed by atoms with van der Waals surface area (Å²) in [6.07, 6.45) is 3.05. The Kier molecular flexibility index (Phi) is 6.58. The van der Waals surface area contributed by atoms with E-state index in [1.807, 2.05) is 37.3 Å². The number of primary amides is 1. The van der Waals surface area contributed by atoms with Crippen LogP contribution >= 0.6 is 11.3 Å². The maximum atomic E-state index is 13.0. The van der Waals surface area contributed by atoms with Gasteiger partial charge in [-0.3, -0.25) is 19.4 Å². The lowest BCUT2D eigenvalue weighted by Gasteiger charge is -2.22. The summed E-state index contributed by atoms with van der Waals surface area (Å²) < 4.78 is 0. The van der Waals surface area contributed by atoms with Crippen LogP contribution in [-0.2, 0) is 11.3 Å². The number of aryl methyl sites for hydroxylation is 1. The van der Waals surface area contributed by atoms with Crippen LogP contribution in [0.3, 0.4) is 0 Å². The SMILES string of the molecule is Cc1sc(NC(=O)CN(Cc2ccccc2)C(=O)c2cccnc2)c(C(N)=O)c1C. The molecule has 0 saturated heterocycles. The lowest BCUT2D eigenvalue weighted by molar-refractivity contribution is -0.117. The molecule has 0 spiro atoms. The number of aromatic nitrogens is 1. The fourth-order valence-corrected chi connectivity index (χ4v) is 4.11. The van der Waals surface area contributed by atoms with Gasteiger partial charge >= 0.3 is 0 Å². The Morgan fingerprint density at radius 2 is 1.83 bits per heavy atom. The number of carbonyl (C=O) groups excluding carboxylic acids is 3. The topological polar surface area (TPSA) is 105 Å². The summed E-state index contributed by atoms with van der Waals surface area (Å²) in [5, 5.41) is 3.14. The molecule has 0 aliphatic heterocycles. The molecule has 3 amide bonds. The number of anilines is 1. The minimum absolute atomic E-state index is 0.184. The first kappa shape index (κ1) is 21.2. The molecule has 2 aromatic heterocycles. The van der Waals surface area contributed by atoms with Gasteiger partial charge in [0.15, 0.2) is 0 Å². The van der Waals surface area contributed by atoms with Gasteiger partial charge in [-0.1, -0.05) is 30.3 Å². The monoisotopic (exact) mass is 422 g/mol. The smallest absolute Gasteiger partial charge is 0.256 e. The normalized spacial score (nSPS) is 10.5. The zero-order valence-corrected chi connectivity index (χ0v) is 17.5. The number of carbonyl (C=O) groups is 3. The summed E-state index contributed by atoms with van der Waals surface area (Å²) in [6.45, 7) is 3.72. The van der Waals surface area contributed by atoms with Gasteiger partial charge < -0.3 is 16.0 Å². The van der Waals surface area contributed by atoms with Crippen molar-refractivity contribution in [2.45, 2.75) is 20.4 Å². The minimum Gasteiger partial charge on any atom is -0.365 e. The number of hydrogen-bond donors (Lipinski definition) is 2. The molecule has 3 rings (SSSR count). The molecule has 154 valence electrons. The van der Waals surface area contributed by atoms with Crippen LogP contribution in [0, 0.1) is 13.8 Å². The maximum Gasteiger partial charge on any atom is 0.256 e. The van der Waals surface area contributed by atoms with Crippen molar-refractivity contribution < 1.29 is 14.4 Å². The molecular formula is C22H22N4O3S. The van der Waals surface area contributed by atoms with Gasteiger partial charge in [-0.25, -0.2) is 0 Å². The van der Waals surface area contributed by atoms with Crippen molar-refractivity contribution in [1.82, 2.24) is 9.88 Å². The predicted molar refractivity (Wildman–Crippen MR) is 116 cm³/mol. The zero-order chi connectivity index (χ0) is 21.7. The Labute approximate surface area is 178 Å². The fourth-order valence-electron chi connectivity index (χ4n) is 3.03. The Hall–Kier alpha value is -3.52. The van der Waals surface area contributed by atoms with E-state index in [-0.39, 0.29) is 19.0 Å². The average molecular weight is 423 g/mol. The summed E-state index contributed by atoms with van der Waals surface area (Å²) in [7, 11) is 0. The fraction of sp³-hybridized carbons (Fsp3) is 0.182. The van der Waals surface area contributed by atoms with Crippen LogP contribution in [0.25, 0.3) is 0 Å². The first-order valence-corrected chi connectivity index (χ1v) is 10.1. The maximum absolute atomic E-state index is 13.0. The molecule has 0 aliphatic rings. The number of benzene rings is 1. The lowest BCUT2D eigenvalue weighted by Crippen LogP contribution is -2.37. The third kappa shape index (κ3) is 4.90. The molecule has 2 heterocycles. The highest BCUT2D eigenvalue weighted by molar-refractivity contribution is 7.16. The molecule has 0 unspecified atom stereocenters. The van der Waals surface area contributed by atoms with Crippen LogP contribution in [0.4, 0.5) is 5.00 Å². The summed E-state index contributed by atoms with van der Waals surface area (Å²) >= 11 is 1.29. The third-order valence-electron chi connectivity index (χ3n) is 4.63. The Balaban J connectivity index is 1.82. The van der Waals surface area contributed by atoms with Crippen LogP contribution in [-0.4, -0.2) is 34.2 Å². The number of nitrogens with zero attached hydrogens (tertiary/aromatic N) is 2. The van der Waals surface area contributed by atoms with E-state index in [1.54, 1.807) is 25.3 Å². The summed E-state index contributed by atoms with van der Waals surface area (Å²) in [5.41, 5.74) is 7.81. The highest BCUT2D eigenvalue weighted by Gasteiger charge is 2.23. The van der Waals surface area contributed by atoms with Gasteiger partial charge in [0.05, 0.1) is 11.1 Å². The number of nitrogens with one attached hydrogen (secondary N) is 1. The van der Waals surface area contributed by atoms with Crippen LogP contribution in [0.1, 0.15) is 36.7 Å². The molecule has 0 fully saturated rings. The van der Waals surface area contributed by atoms with E-state index in [0.717, 1.165) is 16.0 Å². The van der Waals surface area contributed by atoms with Crippen LogP contribution < -0.4 is 11.1 Å². The minimum atomic E-state index is -0.597. The quantitative estimate of drug-likeness (QED) is 0.610. The van der Waals surface area contributed by atoms with E-state index >= 15 is 0 Å². The molecule has 0 aliphatic carbocycles. The first-order valence-electron chi connectivity index (χ1n) is 9.29. The highest BCUT2D eigenvalue weighted by Crippen LogP contribution is 2.32. The van der Waals surface area contributed by atoms with E-state index < -0.39 is 11.8 Å². The van der Waals surface area contributed by atoms with E-state index in [9.17, 15) is 14.4 Å². The highest BCUT2D eigenvalue weighted by atomic mass is 32.1. The molecule has 0 atom stereocenters. The molecule has 0 radical (unpaired) electrons. The average Bonchev–Trinajstić information content (AvgIpc) is 3.01. The molecule has 0 bridgehead atoms. The van der Waals surface area contributed by atoms with Crippen molar-refractivity contribution in [3.63, 3.8) is 0 Å². The largest absolute Gasteiger partial charge is 0.365 e. The number of thiophene rings is 1. The van der Waals surface area contributed by atoms with Gasteiger partial charge in [-0.15, -0.1) is 11.3 Å². The molecule has 3 aromatic rings. The number of pyridine rings is 1. The predicted octanol–water partition coefficient (Wildman–Crippen LogP) is 3.14. The van der Waals surface area contributed by atoms with E-state index in [4.69, 9.17) is 5.73 Å². The van der Waals surface area contributed by atoms with Crippen molar-refractivity contribution in [3.05, 3.63) is 82.0 Å². The van der Waals surface area contributed by atoms with Gasteiger partial charge in [0.25, 0.3) is 11.8 Å². The Bertz CT molecular complexity index is 1060. The molecule has 8 heteroatoms. The van der Waals surface area contributed by atoms with E-state index in [0.29, 0.717) is 16.1 Å². The van der Waals surface area contributed by atoms with Gasteiger partial charge in [0.1, 0.15) is 11.5 Å². The second-order valence-corrected chi connectivity index (χ2v) is 8.01. The van der Waals surface area contributed by atoms with Gasteiger partial charge in [-0.2, -0.15) is 0 Å². The number of hydrogen-bond acceptors (Lipinski definition) is 5. The van der Waals surface area contributed by atoms with Crippen molar-refractivity contribution >= 4 is 34.1 Å². The number of amides is 3. The van der Waals surface area contributed by atoms with Gasteiger partial charge in [0.2, 0.25) is 5.91 Å². The third-order valence-corrected chi connectivity index (χ3v) is 5.75. The van der Waals surface area contributed by atoms with Crippen LogP contribution in [0.2, 0.25) is 0 Å². The molecule has 3 N–H and O–H groups in total. The molecule has 0 saturated carbocycles. The van der Waals surface area contributed by atoms with Crippen molar-refractivity contribution in [2.24, 2.45) is 5.73 Å². The standard InChI is InChI=1S/C22H22N4O3S/c1-14-15(2)30-21(19(14)20(23)28)25-18(27)13-26(12-16-7-4-3-5-8-16)22(29)17-9-6-10-24-11-17/h3-11H,12-13H2,1-2H3,(H2,23,28)(H,25,27). The zero-order valence-electron chi connectivity index (χ0n) is 16.7. The van der Waals surface area contributed by atoms with Crippen molar-refractivity contribution in [3.8, 4) is 0 Å². The summed E-state index contributed by atoms with van der Waals surface area (Å²) in [6, 6.07) is 12.7. The number of nitrogens with two attached hydrogens (primary N) is 1. The van der Waals surface area contributed by atoms with Crippen molar-refractivity contribution in [2.75, 3.05) is 11.9 Å². The molecule has 1 aromatic carbocycles. The van der Waals surface area contributed by atoms with Crippen LogP contribution in [0.15, 0.2) is 54.9 Å². The van der Waals surface area contributed by atoms with Crippen molar-refractivity contribution in [1.29, 1.82) is 0 Å². The Morgan fingerprint density at radius 1 is 1.10 bits per heavy atom. The molecule has 30 heavy (non-hydrogen) atoms.